The zero-order valence-electron chi connectivity index (χ0n) is 16.0. The number of hydrogen-bond donors (Lipinski definition) is 0. The van der Waals surface area contributed by atoms with Crippen LogP contribution in [0, 0.1) is 0 Å². The fourth-order valence-corrected chi connectivity index (χ4v) is 4.48. The van der Waals surface area contributed by atoms with Crippen LogP contribution in [0.1, 0.15) is 32.3 Å². The summed E-state index contributed by atoms with van der Waals surface area (Å²) in [5, 5.41) is 1.28. The molecule has 0 spiro atoms. The van der Waals surface area contributed by atoms with Crippen molar-refractivity contribution in [3.8, 4) is 22.8 Å². The van der Waals surface area contributed by atoms with Crippen molar-refractivity contribution in [1.29, 1.82) is 0 Å². The minimum Gasteiger partial charge on any atom is -0.497 e. The summed E-state index contributed by atoms with van der Waals surface area (Å²) in [5.41, 5.74) is 5.08. The molecule has 0 bridgehead atoms. The summed E-state index contributed by atoms with van der Waals surface area (Å²) in [6, 6.07) is 17.3. The molecule has 0 atom stereocenters. The van der Waals surface area contributed by atoms with E-state index in [1.807, 2.05) is 6.07 Å². The third kappa shape index (κ3) is 2.30. The van der Waals surface area contributed by atoms with E-state index in [0.717, 1.165) is 30.8 Å². The summed E-state index contributed by atoms with van der Waals surface area (Å²) >= 11 is 0. The molecule has 0 radical (unpaired) electrons. The smallest absolute Gasteiger partial charge is 0.214 e. The van der Waals surface area contributed by atoms with Crippen molar-refractivity contribution < 1.29 is 14.0 Å². The quantitative estimate of drug-likeness (QED) is 0.627. The van der Waals surface area contributed by atoms with Gasteiger partial charge in [0, 0.05) is 48.4 Å². The van der Waals surface area contributed by atoms with Crippen LogP contribution in [0.2, 0.25) is 0 Å². The number of aromatic nitrogens is 1. The van der Waals surface area contributed by atoms with Gasteiger partial charge in [-0.3, -0.25) is 0 Å². The predicted molar refractivity (Wildman–Crippen MR) is 105 cm³/mol. The molecule has 3 heteroatoms. The first-order chi connectivity index (χ1) is 12.7. The molecular formula is C23H26NO2+. The molecule has 0 unspecified atom stereocenters. The van der Waals surface area contributed by atoms with Crippen LogP contribution in [0.4, 0.5) is 0 Å². The van der Waals surface area contributed by atoms with E-state index >= 15 is 0 Å². The van der Waals surface area contributed by atoms with Gasteiger partial charge in [-0.05, 0) is 18.2 Å². The first kappa shape index (κ1) is 16.9. The van der Waals surface area contributed by atoms with Gasteiger partial charge < -0.3 is 9.47 Å². The van der Waals surface area contributed by atoms with Crippen LogP contribution >= 0.6 is 0 Å². The van der Waals surface area contributed by atoms with E-state index in [1.165, 1.54) is 27.7 Å². The average molecular weight is 348 g/mol. The Morgan fingerprint density at radius 1 is 0.962 bits per heavy atom. The molecule has 2 heterocycles. The normalized spacial score (nSPS) is 14.6. The lowest BCUT2D eigenvalue weighted by molar-refractivity contribution is -0.735. The van der Waals surface area contributed by atoms with E-state index in [-0.39, 0.29) is 5.54 Å². The summed E-state index contributed by atoms with van der Waals surface area (Å²) in [6.45, 7) is 4.59. The molecule has 1 aromatic heterocycles. The van der Waals surface area contributed by atoms with E-state index in [9.17, 15) is 0 Å². The second-order valence-corrected chi connectivity index (χ2v) is 7.08. The van der Waals surface area contributed by atoms with Gasteiger partial charge in [-0.1, -0.05) is 26.0 Å². The molecule has 26 heavy (non-hydrogen) atoms. The average Bonchev–Trinajstić information content (AvgIpc) is 2.71. The van der Waals surface area contributed by atoms with E-state index in [1.54, 1.807) is 14.2 Å². The number of nitrogens with zero attached hydrogens (tertiary/aromatic N) is 1. The molecule has 3 aromatic rings. The van der Waals surface area contributed by atoms with Crippen LogP contribution in [0.25, 0.3) is 22.2 Å². The number of rotatable bonds is 4. The minimum atomic E-state index is 0.0467. The van der Waals surface area contributed by atoms with Gasteiger partial charge in [0.15, 0.2) is 5.54 Å². The molecule has 1 aliphatic heterocycles. The Labute approximate surface area is 155 Å². The number of methoxy groups -OCH3 is 2. The number of para-hydroxylation sites is 1. The molecule has 0 saturated carbocycles. The van der Waals surface area contributed by atoms with Crippen molar-refractivity contribution in [1.82, 2.24) is 0 Å². The van der Waals surface area contributed by atoms with Crippen molar-refractivity contribution in [3.63, 3.8) is 0 Å². The van der Waals surface area contributed by atoms with Gasteiger partial charge >= 0.3 is 0 Å². The molecule has 0 aliphatic carbocycles. The highest BCUT2D eigenvalue weighted by molar-refractivity contribution is 5.79. The molecule has 1 aliphatic rings. The van der Waals surface area contributed by atoms with E-state index < -0.39 is 0 Å². The zero-order valence-corrected chi connectivity index (χ0v) is 16.0. The summed E-state index contributed by atoms with van der Waals surface area (Å²) in [6.07, 6.45) is 3.11. The van der Waals surface area contributed by atoms with Gasteiger partial charge in [-0.2, -0.15) is 4.57 Å². The Morgan fingerprint density at radius 2 is 1.73 bits per heavy atom. The zero-order chi connectivity index (χ0) is 18.3. The highest BCUT2D eigenvalue weighted by Crippen LogP contribution is 2.43. The lowest BCUT2D eigenvalue weighted by atomic mass is 9.78. The van der Waals surface area contributed by atoms with Gasteiger partial charge in [0.05, 0.1) is 19.8 Å². The fourth-order valence-electron chi connectivity index (χ4n) is 4.48. The molecule has 0 saturated heterocycles. The molecular weight excluding hydrogens is 322 g/mol. The van der Waals surface area contributed by atoms with Crippen LogP contribution in [-0.4, -0.2) is 14.2 Å². The third-order valence-electron chi connectivity index (χ3n) is 6.05. The molecule has 4 rings (SSSR count). The van der Waals surface area contributed by atoms with Crippen molar-refractivity contribution in [2.75, 3.05) is 14.2 Å². The van der Waals surface area contributed by atoms with Crippen molar-refractivity contribution in [2.45, 2.75) is 38.6 Å². The van der Waals surface area contributed by atoms with Crippen LogP contribution in [0.3, 0.4) is 0 Å². The maximum absolute atomic E-state index is 5.75. The second kappa shape index (κ2) is 6.31. The Bertz CT molecular complexity index is 973. The van der Waals surface area contributed by atoms with Gasteiger partial charge in [0.25, 0.3) is 0 Å². The van der Waals surface area contributed by atoms with Crippen LogP contribution in [0.15, 0.2) is 48.5 Å². The first-order valence-corrected chi connectivity index (χ1v) is 9.37. The number of benzene rings is 2. The maximum atomic E-state index is 5.75. The van der Waals surface area contributed by atoms with Crippen LogP contribution in [0.5, 0.6) is 11.5 Å². The number of ether oxygens (including phenoxy) is 2. The van der Waals surface area contributed by atoms with Crippen molar-refractivity contribution in [2.24, 2.45) is 0 Å². The largest absolute Gasteiger partial charge is 0.497 e. The van der Waals surface area contributed by atoms with E-state index in [0.29, 0.717) is 0 Å². The van der Waals surface area contributed by atoms with E-state index in [4.69, 9.17) is 9.47 Å². The molecule has 0 N–H and O–H groups in total. The maximum Gasteiger partial charge on any atom is 0.214 e. The Kier molecular flexibility index (Phi) is 4.10. The SMILES string of the molecule is CCC1(CC)Cc2c(OC)cc(OC)cc2-c2ccc3ccccc3[n+]21. The lowest BCUT2D eigenvalue weighted by Gasteiger charge is -2.34. The number of hydrogen-bond acceptors (Lipinski definition) is 2. The second-order valence-electron chi connectivity index (χ2n) is 7.08. The Balaban J connectivity index is 2.13. The van der Waals surface area contributed by atoms with Gasteiger partial charge in [0.2, 0.25) is 11.2 Å². The standard InChI is InChI=1S/C23H26NO2/c1-5-23(6-2)15-19-18(13-17(25-3)14-22(19)26-4)21-12-11-16-9-7-8-10-20(16)24(21)23/h7-14H,5-6,15H2,1-4H3/q+1. The first-order valence-electron chi connectivity index (χ1n) is 9.37. The lowest BCUT2D eigenvalue weighted by Crippen LogP contribution is -2.60. The highest BCUT2D eigenvalue weighted by atomic mass is 16.5. The molecule has 3 nitrogen and oxygen atoms in total. The molecule has 2 aromatic carbocycles. The summed E-state index contributed by atoms with van der Waals surface area (Å²) in [5.74, 6) is 1.76. The third-order valence-corrected chi connectivity index (χ3v) is 6.05. The predicted octanol–water partition coefficient (Wildman–Crippen LogP) is 4.88. The summed E-state index contributed by atoms with van der Waals surface area (Å²) in [7, 11) is 3.46. The molecule has 134 valence electrons. The number of pyridine rings is 1. The highest BCUT2D eigenvalue weighted by Gasteiger charge is 2.46. The Hall–Kier alpha value is -2.55. The Morgan fingerprint density at radius 3 is 2.42 bits per heavy atom. The molecule has 0 amide bonds. The van der Waals surface area contributed by atoms with Gasteiger partial charge in [0.1, 0.15) is 11.5 Å². The van der Waals surface area contributed by atoms with Crippen LogP contribution < -0.4 is 14.0 Å². The number of fused-ring (bicyclic) bond motifs is 5. The minimum absolute atomic E-state index is 0.0467. The summed E-state index contributed by atoms with van der Waals surface area (Å²) < 4.78 is 13.9. The van der Waals surface area contributed by atoms with E-state index in [2.05, 4.69) is 60.9 Å². The molecule has 0 fully saturated rings. The monoisotopic (exact) mass is 348 g/mol. The summed E-state index contributed by atoms with van der Waals surface area (Å²) in [4.78, 5) is 0. The topological polar surface area (TPSA) is 22.3 Å². The fraction of sp³-hybridized carbons (Fsp3) is 0.348. The van der Waals surface area contributed by atoms with Gasteiger partial charge in [-0.15, -0.1) is 0 Å². The van der Waals surface area contributed by atoms with Crippen molar-refractivity contribution >= 4 is 10.9 Å². The van der Waals surface area contributed by atoms with Crippen LogP contribution in [-0.2, 0) is 12.0 Å². The van der Waals surface area contributed by atoms with Crippen molar-refractivity contribution in [3.05, 3.63) is 54.1 Å². The van der Waals surface area contributed by atoms with Gasteiger partial charge in [-0.25, -0.2) is 0 Å².